The zero-order chi connectivity index (χ0) is 32.1. The molecule has 0 aliphatic carbocycles. The van der Waals surface area contributed by atoms with E-state index in [1.807, 2.05) is 12.1 Å². The van der Waals surface area contributed by atoms with Crippen molar-refractivity contribution in [1.82, 2.24) is 9.13 Å². The van der Waals surface area contributed by atoms with E-state index in [0.717, 1.165) is 33.3 Å². The summed E-state index contributed by atoms with van der Waals surface area (Å²) in [5, 5.41) is 9.69. The van der Waals surface area contributed by atoms with Crippen molar-refractivity contribution >= 4 is 76.3 Å². The Balaban J connectivity index is 1.29. The van der Waals surface area contributed by atoms with Gasteiger partial charge in [-0.3, -0.25) is 0 Å². The number of hydrogen-bond donors (Lipinski definition) is 0. The summed E-state index contributed by atoms with van der Waals surface area (Å²) in [5.41, 5.74) is 11.3. The monoisotopic (exact) mass is 624 g/mol. The van der Waals surface area contributed by atoms with Gasteiger partial charge in [0.05, 0.1) is 22.1 Å². The Labute approximate surface area is 281 Å². The number of nitrogens with zero attached hydrogens (tertiary/aromatic N) is 2. The first kappa shape index (κ1) is 26.5. The number of fused-ring (bicyclic) bond motifs is 10. The molecule has 0 saturated heterocycles. The van der Waals surface area contributed by atoms with E-state index in [2.05, 4.69) is 167 Å². The van der Waals surface area contributed by atoms with Gasteiger partial charge in [0.2, 0.25) is 0 Å². The molecule has 0 saturated carbocycles. The molecule has 49 heavy (non-hydrogen) atoms. The molecule has 228 valence electrons. The Hall–Kier alpha value is -6.58. The van der Waals surface area contributed by atoms with Crippen LogP contribution in [-0.2, 0) is 0 Å². The summed E-state index contributed by atoms with van der Waals surface area (Å²) in [6.45, 7) is 0. The average Bonchev–Trinajstić information content (AvgIpc) is 3.81. The summed E-state index contributed by atoms with van der Waals surface area (Å²) < 4.78 is 11.1. The summed E-state index contributed by atoms with van der Waals surface area (Å²) in [6.07, 6.45) is 0. The fourth-order valence-corrected chi connectivity index (χ4v) is 8.19. The van der Waals surface area contributed by atoms with Gasteiger partial charge >= 0.3 is 0 Å². The lowest BCUT2D eigenvalue weighted by molar-refractivity contribution is 0.669. The minimum Gasteiger partial charge on any atom is -0.456 e. The molecule has 3 nitrogen and oxygen atoms in total. The molecule has 8 aromatic carbocycles. The second kappa shape index (κ2) is 9.96. The van der Waals surface area contributed by atoms with Crippen LogP contribution < -0.4 is 0 Å². The van der Waals surface area contributed by atoms with Crippen LogP contribution in [-0.4, -0.2) is 9.13 Å². The highest BCUT2D eigenvalue weighted by atomic mass is 16.3. The Morgan fingerprint density at radius 3 is 1.82 bits per heavy atom. The number of hydrogen-bond acceptors (Lipinski definition) is 1. The third-order valence-corrected chi connectivity index (χ3v) is 10.3. The molecule has 3 aromatic heterocycles. The zero-order valence-electron chi connectivity index (χ0n) is 26.5. The number of para-hydroxylation sites is 4. The van der Waals surface area contributed by atoms with Crippen molar-refractivity contribution in [3.05, 3.63) is 170 Å². The lowest BCUT2D eigenvalue weighted by Gasteiger charge is -2.15. The molecule has 11 aromatic rings. The highest BCUT2D eigenvalue weighted by Crippen LogP contribution is 2.44. The maximum absolute atomic E-state index is 6.27. The van der Waals surface area contributed by atoms with Crippen LogP contribution in [0.5, 0.6) is 0 Å². The molecule has 0 N–H and O–H groups in total. The SMILES string of the molecule is c1ccc(-n2c3ccccc3c3ccc(-n4c5ccccc5c5cc6ccccc6c(-c6ccc7oc8ccccc8c7c6)c54)cc32)cc1. The summed E-state index contributed by atoms with van der Waals surface area (Å²) in [7, 11) is 0. The van der Waals surface area contributed by atoms with E-state index in [4.69, 9.17) is 4.42 Å². The van der Waals surface area contributed by atoms with Gasteiger partial charge in [-0.15, -0.1) is 0 Å². The van der Waals surface area contributed by atoms with Crippen molar-refractivity contribution in [3.8, 4) is 22.5 Å². The van der Waals surface area contributed by atoms with E-state index in [1.54, 1.807) is 0 Å². The highest BCUT2D eigenvalue weighted by molar-refractivity contribution is 6.22. The van der Waals surface area contributed by atoms with Crippen LogP contribution in [0.25, 0.3) is 98.8 Å². The topological polar surface area (TPSA) is 23.0 Å². The van der Waals surface area contributed by atoms with Crippen LogP contribution in [0.3, 0.4) is 0 Å². The molecule has 0 radical (unpaired) electrons. The summed E-state index contributed by atoms with van der Waals surface area (Å²) >= 11 is 0. The van der Waals surface area contributed by atoms with Crippen molar-refractivity contribution < 1.29 is 4.42 Å². The van der Waals surface area contributed by atoms with Crippen LogP contribution in [0.2, 0.25) is 0 Å². The molecule has 0 spiro atoms. The molecule has 11 rings (SSSR count). The van der Waals surface area contributed by atoms with Crippen molar-refractivity contribution in [2.24, 2.45) is 0 Å². The largest absolute Gasteiger partial charge is 0.456 e. The fourth-order valence-electron chi connectivity index (χ4n) is 8.19. The lowest BCUT2D eigenvalue weighted by Crippen LogP contribution is -1.98. The maximum atomic E-state index is 6.27. The van der Waals surface area contributed by atoms with Crippen molar-refractivity contribution in [3.63, 3.8) is 0 Å². The fraction of sp³-hybridized carbons (Fsp3) is 0. The van der Waals surface area contributed by atoms with Crippen LogP contribution >= 0.6 is 0 Å². The van der Waals surface area contributed by atoms with Gasteiger partial charge < -0.3 is 13.6 Å². The molecular weight excluding hydrogens is 597 g/mol. The molecule has 3 heterocycles. The Bertz CT molecular complexity index is 3100. The normalized spacial score (nSPS) is 12.1. The van der Waals surface area contributed by atoms with E-state index in [9.17, 15) is 0 Å². The van der Waals surface area contributed by atoms with Crippen molar-refractivity contribution in [1.29, 1.82) is 0 Å². The number of aromatic nitrogens is 2. The van der Waals surface area contributed by atoms with Crippen molar-refractivity contribution in [2.75, 3.05) is 0 Å². The second-order valence-electron chi connectivity index (χ2n) is 12.9. The molecule has 0 atom stereocenters. The number of benzene rings is 8. The van der Waals surface area contributed by atoms with Gasteiger partial charge in [0.15, 0.2) is 0 Å². The molecule has 0 aliphatic rings. The van der Waals surface area contributed by atoms with Gasteiger partial charge in [-0.05, 0) is 77.0 Å². The predicted octanol–water partition coefficient (Wildman–Crippen LogP) is 12.6. The first-order chi connectivity index (χ1) is 24.3. The Morgan fingerprint density at radius 2 is 0.980 bits per heavy atom. The van der Waals surface area contributed by atoms with Crippen LogP contribution in [0.4, 0.5) is 0 Å². The number of furan rings is 1. The van der Waals surface area contributed by atoms with Gasteiger partial charge in [-0.2, -0.15) is 0 Å². The summed E-state index contributed by atoms with van der Waals surface area (Å²) in [6, 6.07) is 61.4. The Morgan fingerprint density at radius 1 is 0.347 bits per heavy atom. The third-order valence-electron chi connectivity index (χ3n) is 10.3. The van der Waals surface area contributed by atoms with E-state index in [0.29, 0.717) is 0 Å². The molecular formula is C46H28N2O. The summed E-state index contributed by atoms with van der Waals surface area (Å²) in [5.74, 6) is 0. The van der Waals surface area contributed by atoms with Gasteiger partial charge in [0, 0.05) is 49.3 Å². The molecule has 3 heteroatoms. The van der Waals surface area contributed by atoms with Gasteiger partial charge in [-0.1, -0.05) is 109 Å². The van der Waals surface area contributed by atoms with E-state index >= 15 is 0 Å². The molecule has 0 bridgehead atoms. The predicted molar refractivity (Wildman–Crippen MR) is 205 cm³/mol. The first-order valence-electron chi connectivity index (χ1n) is 16.8. The standard InChI is InChI=1S/C46H28N2O/c1-2-13-31(14-3-1)47-40-19-9-6-16-34(40)36-24-23-32(28-42(36)47)48-41-20-10-7-17-35(41)39-26-29-12-4-5-15-33(29)45(46(39)48)30-22-25-44-38(27-30)37-18-8-11-21-43(37)49-44/h1-28H. The van der Waals surface area contributed by atoms with E-state index in [1.165, 1.54) is 65.5 Å². The molecule has 0 aliphatic heterocycles. The van der Waals surface area contributed by atoms with Crippen LogP contribution in [0.15, 0.2) is 174 Å². The second-order valence-corrected chi connectivity index (χ2v) is 12.9. The quantitative estimate of drug-likeness (QED) is 0.192. The minimum absolute atomic E-state index is 0.904. The third kappa shape index (κ3) is 3.73. The van der Waals surface area contributed by atoms with E-state index in [-0.39, 0.29) is 0 Å². The average molecular weight is 625 g/mol. The number of rotatable bonds is 3. The van der Waals surface area contributed by atoms with Crippen molar-refractivity contribution in [2.45, 2.75) is 0 Å². The molecule has 0 fully saturated rings. The minimum atomic E-state index is 0.904. The van der Waals surface area contributed by atoms with E-state index < -0.39 is 0 Å². The van der Waals surface area contributed by atoms with Crippen LogP contribution in [0, 0.1) is 0 Å². The Kier molecular flexibility index (Phi) is 5.38. The lowest BCUT2D eigenvalue weighted by atomic mass is 9.94. The van der Waals surface area contributed by atoms with Gasteiger partial charge in [0.25, 0.3) is 0 Å². The summed E-state index contributed by atoms with van der Waals surface area (Å²) in [4.78, 5) is 0. The molecule has 0 amide bonds. The van der Waals surface area contributed by atoms with Crippen LogP contribution in [0.1, 0.15) is 0 Å². The maximum Gasteiger partial charge on any atom is 0.135 e. The van der Waals surface area contributed by atoms with Gasteiger partial charge in [-0.25, -0.2) is 0 Å². The first-order valence-corrected chi connectivity index (χ1v) is 16.8. The molecule has 0 unspecified atom stereocenters. The highest BCUT2D eigenvalue weighted by Gasteiger charge is 2.21. The smallest absolute Gasteiger partial charge is 0.135 e. The van der Waals surface area contributed by atoms with Gasteiger partial charge in [0.1, 0.15) is 11.2 Å². The zero-order valence-corrected chi connectivity index (χ0v) is 26.5.